The summed E-state index contributed by atoms with van der Waals surface area (Å²) in [4.78, 5) is 54.3. The Labute approximate surface area is 208 Å². The van der Waals surface area contributed by atoms with Crippen molar-refractivity contribution in [3.8, 4) is 0 Å². The predicted molar refractivity (Wildman–Crippen MR) is 128 cm³/mol. The SMILES string of the molecule is CC(C)(C)CC(OC(=O)[C@@H]1N2C(=O)[C@@H](N)[C@H]2SC1(C)C)OC(=O)[C@@H]1N2C(=O)[C@@H](N)[C@H]2SC1(C)C. The third-order valence-corrected chi connectivity index (χ3v) is 9.87. The summed E-state index contributed by atoms with van der Waals surface area (Å²) in [5, 5.41) is -0.558. The van der Waals surface area contributed by atoms with Gasteiger partial charge in [0.15, 0.2) is 0 Å². The number of fused-ring (bicyclic) bond motifs is 2. The van der Waals surface area contributed by atoms with Gasteiger partial charge in [-0.2, -0.15) is 0 Å². The molecule has 2 amide bonds. The fourth-order valence-corrected chi connectivity index (χ4v) is 8.17. The first kappa shape index (κ1) is 25.6. The van der Waals surface area contributed by atoms with E-state index in [1.54, 1.807) is 0 Å². The van der Waals surface area contributed by atoms with Gasteiger partial charge in [-0.1, -0.05) is 20.8 Å². The monoisotopic (exact) mass is 514 g/mol. The number of amides is 2. The summed E-state index contributed by atoms with van der Waals surface area (Å²) in [6, 6.07) is -2.95. The zero-order valence-electron chi connectivity index (χ0n) is 20.6. The van der Waals surface area contributed by atoms with Crippen LogP contribution in [0.5, 0.6) is 0 Å². The van der Waals surface area contributed by atoms with Gasteiger partial charge in [0, 0.05) is 15.9 Å². The molecular formula is C22H34N4O6S2. The van der Waals surface area contributed by atoms with E-state index in [2.05, 4.69) is 0 Å². The highest BCUT2D eigenvalue weighted by molar-refractivity contribution is 8.02. The molecule has 4 heterocycles. The molecule has 6 atom stereocenters. The molecule has 0 bridgehead atoms. The molecule has 4 aliphatic heterocycles. The minimum atomic E-state index is -1.17. The third-order valence-electron chi connectivity index (χ3n) is 6.69. The second-order valence-electron chi connectivity index (χ2n) is 11.6. The molecule has 4 fully saturated rings. The van der Waals surface area contributed by atoms with Crippen LogP contribution < -0.4 is 11.5 Å². The molecule has 0 unspecified atom stereocenters. The molecule has 4 saturated heterocycles. The summed E-state index contributed by atoms with van der Waals surface area (Å²) < 4.78 is 10.3. The zero-order chi connectivity index (χ0) is 25.5. The average Bonchev–Trinajstić information content (AvgIpc) is 3.11. The van der Waals surface area contributed by atoms with Crippen LogP contribution in [0.25, 0.3) is 0 Å². The van der Waals surface area contributed by atoms with E-state index in [-0.39, 0.29) is 34.4 Å². The van der Waals surface area contributed by atoms with Gasteiger partial charge >= 0.3 is 11.9 Å². The number of hydrogen-bond donors (Lipinski definition) is 2. The van der Waals surface area contributed by atoms with E-state index in [0.717, 1.165) is 0 Å². The predicted octanol–water partition coefficient (Wildman–Crippen LogP) is 0.614. The van der Waals surface area contributed by atoms with E-state index >= 15 is 0 Å². The maximum atomic E-state index is 13.3. The van der Waals surface area contributed by atoms with Crippen molar-refractivity contribution in [2.24, 2.45) is 16.9 Å². The minimum absolute atomic E-state index is 0.249. The van der Waals surface area contributed by atoms with E-state index in [1.807, 2.05) is 48.5 Å². The summed E-state index contributed by atoms with van der Waals surface area (Å²) in [5.41, 5.74) is 11.5. The molecule has 0 radical (unpaired) electrons. The molecule has 0 aromatic heterocycles. The highest BCUT2D eigenvalue weighted by Gasteiger charge is 2.65. The maximum Gasteiger partial charge on any atom is 0.333 e. The van der Waals surface area contributed by atoms with Crippen molar-refractivity contribution >= 4 is 47.3 Å². The number of β-lactam (4-membered cyclic amide) rings is 2. The zero-order valence-corrected chi connectivity index (χ0v) is 22.2. The molecule has 0 aromatic rings. The van der Waals surface area contributed by atoms with Crippen molar-refractivity contribution < 1.29 is 28.7 Å². The Morgan fingerprint density at radius 2 is 1.24 bits per heavy atom. The molecule has 190 valence electrons. The van der Waals surface area contributed by atoms with E-state index in [0.29, 0.717) is 0 Å². The number of rotatable bonds is 5. The average molecular weight is 515 g/mol. The minimum Gasteiger partial charge on any atom is -0.424 e. The van der Waals surface area contributed by atoms with Crippen LogP contribution in [0, 0.1) is 5.41 Å². The van der Waals surface area contributed by atoms with Gasteiger partial charge in [0.1, 0.15) is 34.9 Å². The van der Waals surface area contributed by atoms with Gasteiger partial charge in [-0.3, -0.25) is 9.59 Å². The topological polar surface area (TPSA) is 145 Å². The number of esters is 2. The van der Waals surface area contributed by atoms with Crippen LogP contribution in [0.3, 0.4) is 0 Å². The normalized spacial score (nSPS) is 35.5. The highest BCUT2D eigenvalue weighted by Crippen LogP contribution is 2.52. The van der Waals surface area contributed by atoms with E-state index < -0.39 is 51.9 Å². The highest BCUT2D eigenvalue weighted by atomic mass is 32.2. The number of ether oxygens (including phenoxy) is 2. The fourth-order valence-electron chi connectivity index (χ4n) is 5.04. The Morgan fingerprint density at radius 3 is 1.56 bits per heavy atom. The maximum absolute atomic E-state index is 13.3. The standard InChI is InChI=1S/C22H34N4O6S2/c1-20(2,3)8-9(31-18(29)12-21(4,5)33-16-10(23)14(27)25(12)16)32-19(30)13-22(6,7)34-17-11(24)15(28)26(13)17/h9-13,16-17H,8,23-24H2,1-7H3/t10-,11-,12+,13+,16-,17-/m1/s1. The van der Waals surface area contributed by atoms with Gasteiger partial charge in [-0.15, -0.1) is 23.5 Å². The molecule has 0 aromatic carbocycles. The van der Waals surface area contributed by atoms with Crippen molar-refractivity contribution in [1.29, 1.82) is 0 Å². The number of hydrogen-bond acceptors (Lipinski definition) is 10. The van der Waals surface area contributed by atoms with Gasteiger partial charge in [0.2, 0.25) is 18.1 Å². The molecule has 4 rings (SSSR count). The van der Waals surface area contributed by atoms with Gasteiger partial charge in [-0.25, -0.2) is 9.59 Å². The molecular weight excluding hydrogens is 480 g/mol. The van der Waals surface area contributed by atoms with E-state index in [4.69, 9.17) is 20.9 Å². The first-order valence-electron chi connectivity index (χ1n) is 11.4. The Morgan fingerprint density at radius 1 is 0.882 bits per heavy atom. The number of carbonyl (C=O) groups is 4. The van der Waals surface area contributed by atoms with Crippen LogP contribution in [-0.4, -0.2) is 84.3 Å². The molecule has 0 aliphatic carbocycles. The summed E-state index contributed by atoms with van der Waals surface area (Å²) in [6.07, 6.45) is -0.923. The number of carbonyl (C=O) groups excluding carboxylic acids is 4. The summed E-state index contributed by atoms with van der Waals surface area (Å²) >= 11 is 2.92. The van der Waals surface area contributed by atoms with E-state index in [1.165, 1.54) is 33.3 Å². The Balaban J connectivity index is 1.51. The van der Waals surface area contributed by atoms with Crippen LogP contribution in [0.1, 0.15) is 54.9 Å². The lowest BCUT2D eigenvalue weighted by molar-refractivity contribution is -0.203. The Hall–Kier alpha value is -1.50. The van der Waals surface area contributed by atoms with Crippen LogP contribution in [0.4, 0.5) is 0 Å². The number of nitrogens with two attached hydrogens (primary N) is 2. The van der Waals surface area contributed by atoms with Crippen molar-refractivity contribution in [2.45, 2.75) is 106 Å². The summed E-state index contributed by atoms with van der Waals surface area (Å²) in [6.45, 7) is 13.3. The fraction of sp³-hybridized carbons (Fsp3) is 0.818. The van der Waals surface area contributed by atoms with Gasteiger partial charge in [0.05, 0.1) is 0 Å². The smallest absolute Gasteiger partial charge is 0.333 e. The number of thioether (sulfide) groups is 2. The van der Waals surface area contributed by atoms with Gasteiger partial charge in [0.25, 0.3) is 0 Å². The largest absolute Gasteiger partial charge is 0.424 e. The lowest BCUT2D eigenvalue weighted by Crippen LogP contribution is -2.69. The van der Waals surface area contributed by atoms with Crippen molar-refractivity contribution in [1.82, 2.24) is 9.80 Å². The number of nitrogens with zero attached hydrogens (tertiary/aromatic N) is 2. The van der Waals surface area contributed by atoms with Crippen LogP contribution in [0.2, 0.25) is 0 Å². The van der Waals surface area contributed by atoms with Crippen LogP contribution in [0.15, 0.2) is 0 Å². The second kappa shape index (κ2) is 8.01. The first-order valence-corrected chi connectivity index (χ1v) is 13.1. The van der Waals surface area contributed by atoms with Crippen LogP contribution in [-0.2, 0) is 28.7 Å². The van der Waals surface area contributed by atoms with E-state index in [9.17, 15) is 19.2 Å². The second-order valence-corrected chi connectivity index (χ2v) is 15.2. The van der Waals surface area contributed by atoms with Gasteiger partial charge in [-0.05, 0) is 33.1 Å². The lowest BCUT2D eigenvalue weighted by Gasteiger charge is -2.43. The molecule has 12 heteroatoms. The van der Waals surface area contributed by atoms with Crippen molar-refractivity contribution in [2.75, 3.05) is 0 Å². The first-order chi connectivity index (χ1) is 15.5. The third kappa shape index (κ3) is 4.00. The molecule has 34 heavy (non-hydrogen) atoms. The van der Waals surface area contributed by atoms with Gasteiger partial charge < -0.3 is 30.7 Å². The lowest BCUT2D eigenvalue weighted by atomic mass is 9.91. The van der Waals surface area contributed by atoms with Crippen LogP contribution >= 0.6 is 23.5 Å². The van der Waals surface area contributed by atoms with Crippen molar-refractivity contribution in [3.63, 3.8) is 0 Å². The summed E-state index contributed by atoms with van der Waals surface area (Å²) in [7, 11) is 0. The molecule has 0 spiro atoms. The Bertz CT molecular complexity index is 869. The molecule has 4 N–H and O–H groups in total. The Kier molecular flexibility index (Phi) is 6.03. The molecule has 4 aliphatic rings. The molecule has 10 nitrogen and oxygen atoms in total. The quantitative estimate of drug-likeness (QED) is 0.304. The summed E-state index contributed by atoms with van der Waals surface area (Å²) in [5.74, 6) is -1.86. The van der Waals surface area contributed by atoms with Crippen molar-refractivity contribution in [3.05, 3.63) is 0 Å². The molecule has 0 saturated carbocycles.